The molecule has 1 aliphatic heterocycles. The lowest BCUT2D eigenvalue weighted by Gasteiger charge is -2.24. The van der Waals surface area contributed by atoms with Crippen molar-refractivity contribution in [3.63, 3.8) is 0 Å². The van der Waals surface area contributed by atoms with Crippen LogP contribution < -0.4 is 15.4 Å². The Morgan fingerprint density at radius 1 is 1.03 bits per heavy atom. The zero-order valence-corrected chi connectivity index (χ0v) is 15.7. The van der Waals surface area contributed by atoms with Crippen molar-refractivity contribution in [3.05, 3.63) is 95.6 Å². The zero-order valence-electron chi connectivity index (χ0n) is 15.7. The smallest absolute Gasteiger partial charge is 0.268 e. The SMILES string of the molecule is N/C(=N\O)c1ccc(N2Cc3ccccc3OC(Cc3ccccc3)C2=O)cc1. The van der Waals surface area contributed by atoms with E-state index in [4.69, 9.17) is 15.7 Å². The number of hydrogen-bond donors (Lipinski definition) is 2. The van der Waals surface area contributed by atoms with Gasteiger partial charge in [0.15, 0.2) is 11.9 Å². The van der Waals surface area contributed by atoms with Crippen LogP contribution in [0.4, 0.5) is 5.69 Å². The molecule has 3 N–H and O–H groups in total. The maximum Gasteiger partial charge on any atom is 0.268 e. The molecule has 6 nitrogen and oxygen atoms in total. The van der Waals surface area contributed by atoms with Crippen molar-refractivity contribution < 1.29 is 14.7 Å². The number of ether oxygens (including phenoxy) is 1. The highest BCUT2D eigenvalue weighted by Crippen LogP contribution is 2.30. The largest absolute Gasteiger partial charge is 0.480 e. The second-order valence-corrected chi connectivity index (χ2v) is 6.86. The quantitative estimate of drug-likeness (QED) is 0.311. The van der Waals surface area contributed by atoms with E-state index >= 15 is 0 Å². The summed E-state index contributed by atoms with van der Waals surface area (Å²) in [7, 11) is 0. The van der Waals surface area contributed by atoms with E-state index < -0.39 is 6.10 Å². The Labute approximate surface area is 168 Å². The van der Waals surface area contributed by atoms with Gasteiger partial charge in [0, 0.05) is 23.2 Å². The molecule has 0 fully saturated rings. The van der Waals surface area contributed by atoms with Gasteiger partial charge in [0.2, 0.25) is 0 Å². The van der Waals surface area contributed by atoms with Crippen molar-refractivity contribution >= 4 is 17.4 Å². The van der Waals surface area contributed by atoms with Crippen LogP contribution in [-0.4, -0.2) is 23.1 Å². The Kier molecular flexibility index (Phi) is 5.16. The van der Waals surface area contributed by atoms with Crippen LogP contribution in [0.5, 0.6) is 5.75 Å². The van der Waals surface area contributed by atoms with Crippen LogP contribution >= 0.6 is 0 Å². The number of oxime groups is 1. The summed E-state index contributed by atoms with van der Waals surface area (Å²) in [5, 5.41) is 11.9. The summed E-state index contributed by atoms with van der Waals surface area (Å²) in [6.07, 6.45) is -0.156. The van der Waals surface area contributed by atoms with Gasteiger partial charge in [-0.25, -0.2) is 0 Å². The minimum atomic E-state index is -0.634. The van der Waals surface area contributed by atoms with Gasteiger partial charge in [0.25, 0.3) is 5.91 Å². The Morgan fingerprint density at radius 3 is 2.45 bits per heavy atom. The van der Waals surface area contributed by atoms with E-state index in [1.54, 1.807) is 29.2 Å². The lowest BCUT2D eigenvalue weighted by molar-refractivity contribution is -0.125. The van der Waals surface area contributed by atoms with Gasteiger partial charge in [-0.05, 0) is 35.9 Å². The molecule has 1 unspecified atom stereocenters. The fourth-order valence-corrected chi connectivity index (χ4v) is 3.42. The molecule has 1 amide bonds. The molecule has 3 aromatic rings. The highest BCUT2D eigenvalue weighted by atomic mass is 16.5. The number of benzene rings is 3. The molecular weight excluding hydrogens is 366 g/mol. The van der Waals surface area contributed by atoms with Crippen LogP contribution in [0.1, 0.15) is 16.7 Å². The maximum absolute atomic E-state index is 13.4. The number of fused-ring (bicyclic) bond motifs is 1. The summed E-state index contributed by atoms with van der Waals surface area (Å²) < 4.78 is 6.14. The van der Waals surface area contributed by atoms with Crippen molar-refractivity contribution in [2.75, 3.05) is 4.90 Å². The highest BCUT2D eigenvalue weighted by Gasteiger charge is 2.32. The van der Waals surface area contributed by atoms with E-state index in [2.05, 4.69) is 5.16 Å². The van der Waals surface area contributed by atoms with Crippen molar-refractivity contribution in [1.29, 1.82) is 0 Å². The Hall–Kier alpha value is -3.80. The summed E-state index contributed by atoms with van der Waals surface area (Å²) in [6.45, 7) is 0.406. The lowest BCUT2D eigenvalue weighted by atomic mass is 10.1. The van der Waals surface area contributed by atoms with Gasteiger partial charge in [-0.2, -0.15) is 0 Å². The predicted octanol–water partition coefficient (Wildman–Crippen LogP) is 3.32. The average molecular weight is 387 g/mol. The zero-order chi connectivity index (χ0) is 20.2. The minimum absolute atomic E-state index is 0.0226. The first-order chi connectivity index (χ1) is 14.2. The number of nitrogens with two attached hydrogens (primary N) is 1. The third-order valence-electron chi connectivity index (χ3n) is 4.96. The van der Waals surface area contributed by atoms with Crippen LogP contribution in [0.3, 0.4) is 0 Å². The molecule has 1 heterocycles. The molecule has 1 aliphatic rings. The van der Waals surface area contributed by atoms with Gasteiger partial charge in [-0.3, -0.25) is 4.79 Å². The fraction of sp³-hybridized carbons (Fsp3) is 0.130. The van der Waals surface area contributed by atoms with Crippen LogP contribution in [0.15, 0.2) is 84.0 Å². The molecule has 0 aliphatic carbocycles. The monoisotopic (exact) mass is 387 g/mol. The molecule has 0 spiro atoms. The second-order valence-electron chi connectivity index (χ2n) is 6.86. The number of para-hydroxylation sites is 1. The number of nitrogens with zero attached hydrogens (tertiary/aromatic N) is 2. The maximum atomic E-state index is 13.4. The number of amides is 1. The summed E-state index contributed by atoms with van der Waals surface area (Å²) in [6, 6.07) is 24.6. The molecular formula is C23H21N3O3. The number of carbonyl (C=O) groups excluding carboxylic acids is 1. The van der Waals surface area contributed by atoms with Gasteiger partial charge in [-0.15, -0.1) is 0 Å². The molecule has 29 heavy (non-hydrogen) atoms. The Balaban J connectivity index is 1.69. The van der Waals surface area contributed by atoms with E-state index in [1.807, 2.05) is 54.6 Å². The lowest BCUT2D eigenvalue weighted by Crippen LogP contribution is -2.41. The summed E-state index contributed by atoms with van der Waals surface area (Å²) in [5.41, 5.74) is 8.93. The molecule has 0 bridgehead atoms. The predicted molar refractivity (Wildman–Crippen MR) is 111 cm³/mol. The van der Waals surface area contributed by atoms with Gasteiger partial charge in [0.1, 0.15) is 5.75 Å². The number of rotatable bonds is 4. The van der Waals surface area contributed by atoms with E-state index in [0.29, 0.717) is 18.5 Å². The van der Waals surface area contributed by atoms with E-state index in [1.165, 1.54) is 0 Å². The molecule has 1 atom stereocenters. The molecule has 0 radical (unpaired) electrons. The van der Waals surface area contributed by atoms with Gasteiger partial charge >= 0.3 is 0 Å². The van der Waals surface area contributed by atoms with Crippen molar-refractivity contribution in [1.82, 2.24) is 0 Å². The molecule has 4 rings (SSSR count). The third kappa shape index (κ3) is 3.91. The first-order valence-electron chi connectivity index (χ1n) is 9.33. The fourth-order valence-electron chi connectivity index (χ4n) is 3.42. The van der Waals surface area contributed by atoms with Crippen LogP contribution in [0, 0.1) is 0 Å². The number of hydrogen-bond acceptors (Lipinski definition) is 4. The molecule has 0 saturated heterocycles. The molecule has 0 saturated carbocycles. The van der Waals surface area contributed by atoms with Gasteiger partial charge < -0.3 is 20.6 Å². The van der Waals surface area contributed by atoms with E-state index in [9.17, 15) is 4.79 Å². The number of carbonyl (C=O) groups is 1. The molecule has 3 aromatic carbocycles. The third-order valence-corrected chi connectivity index (χ3v) is 4.96. The van der Waals surface area contributed by atoms with E-state index in [0.717, 1.165) is 22.6 Å². The summed E-state index contributed by atoms with van der Waals surface area (Å²) in [5.74, 6) is 0.633. The average Bonchev–Trinajstić information content (AvgIpc) is 2.91. The topological polar surface area (TPSA) is 88.2 Å². The van der Waals surface area contributed by atoms with Crippen molar-refractivity contribution in [3.8, 4) is 5.75 Å². The normalized spacial score (nSPS) is 16.7. The minimum Gasteiger partial charge on any atom is -0.480 e. The summed E-state index contributed by atoms with van der Waals surface area (Å²) >= 11 is 0. The van der Waals surface area contributed by atoms with Crippen LogP contribution in [0.25, 0.3) is 0 Å². The molecule has 6 heteroatoms. The van der Waals surface area contributed by atoms with Gasteiger partial charge in [-0.1, -0.05) is 53.7 Å². The van der Waals surface area contributed by atoms with E-state index in [-0.39, 0.29) is 11.7 Å². The summed E-state index contributed by atoms with van der Waals surface area (Å²) in [4.78, 5) is 15.1. The Bertz CT molecular complexity index is 1030. The first-order valence-corrected chi connectivity index (χ1v) is 9.33. The van der Waals surface area contributed by atoms with Gasteiger partial charge in [0.05, 0.1) is 6.54 Å². The second kappa shape index (κ2) is 8.06. The standard InChI is InChI=1S/C23H21N3O3/c24-22(25-28)17-10-12-19(13-11-17)26-15-18-8-4-5-9-20(18)29-21(23(26)27)14-16-6-2-1-3-7-16/h1-13,21,28H,14-15H2,(H2,24,25). The van der Waals surface area contributed by atoms with Crippen molar-refractivity contribution in [2.45, 2.75) is 19.1 Å². The first kappa shape index (κ1) is 18.6. The Morgan fingerprint density at radius 2 is 1.72 bits per heavy atom. The molecule has 0 aromatic heterocycles. The highest BCUT2D eigenvalue weighted by molar-refractivity contribution is 5.99. The number of amidine groups is 1. The molecule has 146 valence electrons. The van der Waals surface area contributed by atoms with Crippen LogP contribution in [0.2, 0.25) is 0 Å². The number of anilines is 1. The van der Waals surface area contributed by atoms with Crippen molar-refractivity contribution in [2.24, 2.45) is 10.9 Å². The van der Waals surface area contributed by atoms with Crippen LogP contribution in [-0.2, 0) is 17.8 Å².